The Hall–Kier alpha value is -4.88. The third-order valence-corrected chi connectivity index (χ3v) is 8.03. The van der Waals surface area contributed by atoms with Crippen LogP contribution in [0.3, 0.4) is 0 Å². The number of nitrogens with zero attached hydrogens (tertiary/aromatic N) is 1. The number of rotatable bonds is 6. The summed E-state index contributed by atoms with van der Waals surface area (Å²) in [7, 11) is 2.17. The first kappa shape index (κ1) is 24.2. The lowest BCUT2D eigenvalue weighted by Crippen LogP contribution is -1.89. The second kappa shape index (κ2) is 10.4. The zero-order valence-electron chi connectivity index (χ0n) is 22.7. The van der Waals surface area contributed by atoms with Crippen LogP contribution in [0.15, 0.2) is 146 Å². The van der Waals surface area contributed by atoms with Crippen LogP contribution < -0.4 is 0 Å². The quantitative estimate of drug-likeness (QED) is 0.208. The lowest BCUT2D eigenvalue weighted by molar-refractivity contribution is 1.01. The summed E-state index contributed by atoms with van der Waals surface area (Å²) in [5.74, 6) is 0. The molecule has 0 aliphatic heterocycles. The molecule has 0 amide bonds. The molecular weight excluding hydrogens is 482 g/mol. The summed E-state index contributed by atoms with van der Waals surface area (Å²) >= 11 is 0. The molecule has 0 saturated carbocycles. The first-order valence-corrected chi connectivity index (χ1v) is 14.0. The number of benzene rings is 6. The van der Waals surface area contributed by atoms with Crippen molar-refractivity contribution in [2.75, 3.05) is 0 Å². The lowest BCUT2D eigenvalue weighted by atomic mass is 9.96. The van der Waals surface area contributed by atoms with E-state index < -0.39 is 0 Å². The Morgan fingerprint density at radius 2 is 0.775 bits per heavy atom. The van der Waals surface area contributed by atoms with Gasteiger partial charge in [-0.25, -0.2) is 0 Å². The monoisotopic (exact) mass is 513 g/mol. The molecule has 0 spiro atoms. The molecular formula is C39H31N. The van der Waals surface area contributed by atoms with Crippen molar-refractivity contribution in [2.24, 2.45) is 7.05 Å². The van der Waals surface area contributed by atoms with Crippen LogP contribution in [0.4, 0.5) is 0 Å². The molecule has 1 nitrogen and oxygen atoms in total. The minimum Gasteiger partial charge on any atom is -0.344 e. The molecule has 0 saturated heterocycles. The van der Waals surface area contributed by atoms with Gasteiger partial charge in [-0.1, -0.05) is 121 Å². The third-order valence-electron chi connectivity index (χ3n) is 8.03. The van der Waals surface area contributed by atoms with Crippen molar-refractivity contribution < 1.29 is 0 Å². The Labute approximate surface area is 236 Å². The molecule has 40 heavy (non-hydrogen) atoms. The largest absolute Gasteiger partial charge is 0.344 e. The Morgan fingerprint density at radius 1 is 0.375 bits per heavy atom. The van der Waals surface area contributed by atoms with Crippen molar-refractivity contribution >= 4 is 21.8 Å². The SMILES string of the molecule is Cn1c2ccc(-c3cccc(Cc4ccccc4)c3)cc2c2cc(-c3cccc(Cc4ccccc4)c3)ccc21. The van der Waals surface area contributed by atoms with E-state index in [-0.39, 0.29) is 0 Å². The lowest BCUT2D eigenvalue weighted by Gasteiger charge is -2.08. The van der Waals surface area contributed by atoms with E-state index in [1.54, 1.807) is 0 Å². The summed E-state index contributed by atoms with van der Waals surface area (Å²) in [5.41, 5.74) is 12.9. The fraction of sp³-hybridized carbons (Fsp3) is 0.0769. The van der Waals surface area contributed by atoms with Crippen LogP contribution in [0.25, 0.3) is 44.1 Å². The Balaban J connectivity index is 1.26. The maximum atomic E-state index is 2.37. The van der Waals surface area contributed by atoms with Crippen molar-refractivity contribution in [1.29, 1.82) is 0 Å². The van der Waals surface area contributed by atoms with Gasteiger partial charge < -0.3 is 4.57 Å². The molecule has 0 N–H and O–H groups in total. The standard InChI is InChI=1S/C39H31N/c1-40-38-20-18-34(32-16-8-14-30(24-32)22-28-10-4-2-5-11-28)26-36(38)37-27-35(19-21-39(37)40)33-17-9-15-31(25-33)23-29-12-6-3-7-13-29/h2-21,24-27H,22-23H2,1H3. The first-order chi connectivity index (χ1) is 19.7. The van der Waals surface area contributed by atoms with E-state index in [1.807, 2.05) is 0 Å². The van der Waals surface area contributed by atoms with E-state index in [1.165, 1.54) is 66.3 Å². The van der Waals surface area contributed by atoms with Crippen LogP contribution in [-0.2, 0) is 19.9 Å². The average Bonchev–Trinajstić information content (AvgIpc) is 3.29. The van der Waals surface area contributed by atoms with Crippen LogP contribution in [0.1, 0.15) is 22.3 Å². The Morgan fingerprint density at radius 3 is 1.23 bits per heavy atom. The van der Waals surface area contributed by atoms with E-state index >= 15 is 0 Å². The van der Waals surface area contributed by atoms with Crippen LogP contribution in [0.2, 0.25) is 0 Å². The minimum atomic E-state index is 0.942. The van der Waals surface area contributed by atoms with Gasteiger partial charge in [-0.3, -0.25) is 0 Å². The summed E-state index contributed by atoms with van der Waals surface area (Å²) in [5, 5.41) is 2.59. The highest BCUT2D eigenvalue weighted by Crippen LogP contribution is 2.35. The van der Waals surface area contributed by atoms with E-state index in [0.29, 0.717) is 0 Å². The topological polar surface area (TPSA) is 4.93 Å². The molecule has 0 radical (unpaired) electrons. The highest BCUT2D eigenvalue weighted by Gasteiger charge is 2.12. The van der Waals surface area contributed by atoms with Gasteiger partial charge in [0.2, 0.25) is 0 Å². The van der Waals surface area contributed by atoms with Crippen LogP contribution in [0, 0.1) is 0 Å². The Kier molecular flexibility index (Phi) is 6.26. The summed E-state index contributed by atoms with van der Waals surface area (Å²) in [6.07, 6.45) is 1.88. The van der Waals surface area contributed by atoms with Crippen LogP contribution in [0.5, 0.6) is 0 Å². The van der Waals surface area contributed by atoms with Gasteiger partial charge >= 0.3 is 0 Å². The normalized spacial score (nSPS) is 11.3. The summed E-state index contributed by atoms with van der Waals surface area (Å²) in [4.78, 5) is 0. The fourth-order valence-corrected chi connectivity index (χ4v) is 5.96. The van der Waals surface area contributed by atoms with E-state index in [9.17, 15) is 0 Å². The first-order valence-electron chi connectivity index (χ1n) is 14.0. The molecule has 0 aliphatic rings. The van der Waals surface area contributed by atoms with Crippen LogP contribution >= 0.6 is 0 Å². The number of fused-ring (bicyclic) bond motifs is 3. The summed E-state index contributed by atoms with van der Waals surface area (Å²) < 4.78 is 2.32. The molecule has 0 atom stereocenters. The van der Waals surface area contributed by atoms with E-state index in [0.717, 1.165) is 12.8 Å². The molecule has 0 unspecified atom stereocenters. The van der Waals surface area contributed by atoms with Crippen LogP contribution in [-0.4, -0.2) is 4.57 Å². The van der Waals surface area contributed by atoms with Gasteiger partial charge in [-0.15, -0.1) is 0 Å². The maximum absolute atomic E-state index is 2.37. The predicted octanol–water partition coefficient (Wildman–Crippen LogP) is 9.85. The van der Waals surface area contributed by atoms with Gasteiger partial charge in [0.05, 0.1) is 0 Å². The average molecular weight is 514 g/mol. The van der Waals surface area contributed by atoms with Crippen molar-refractivity contribution in [3.63, 3.8) is 0 Å². The Bertz CT molecular complexity index is 1800. The van der Waals surface area contributed by atoms with Crippen molar-refractivity contribution in [2.45, 2.75) is 12.8 Å². The second-order valence-corrected chi connectivity index (χ2v) is 10.7. The van der Waals surface area contributed by atoms with Gasteiger partial charge in [0.1, 0.15) is 0 Å². The van der Waals surface area contributed by atoms with Gasteiger partial charge in [0.25, 0.3) is 0 Å². The van der Waals surface area contributed by atoms with Gasteiger partial charge in [-0.05, 0) is 81.6 Å². The molecule has 7 rings (SSSR count). The van der Waals surface area contributed by atoms with E-state index in [2.05, 4.69) is 157 Å². The minimum absolute atomic E-state index is 0.942. The second-order valence-electron chi connectivity index (χ2n) is 10.7. The molecule has 1 heterocycles. The number of hydrogen-bond acceptors (Lipinski definition) is 0. The predicted molar refractivity (Wildman–Crippen MR) is 170 cm³/mol. The van der Waals surface area contributed by atoms with Gasteiger partial charge in [0, 0.05) is 28.9 Å². The summed E-state index contributed by atoms with van der Waals surface area (Å²) in [6.45, 7) is 0. The van der Waals surface area contributed by atoms with Crippen molar-refractivity contribution in [3.8, 4) is 22.3 Å². The molecule has 7 aromatic rings. The molecule has 0 bridgehead atoms. The zero-order chi connectivity index (χ0) is 26.9. The number of aryl methyl sites for hydroxylation is 1. The number of hydrogen-bond donors (Lipinski definition) is 0. The number of aromatic nitrogens is 1. The summed E-state index contributed by atoms with van der Waals surface area (Å²) in [6, 6.07) is 53.1. The van der Waals surface area contributed by atoms with Crippen molar-refractivity contribution in [1.82, 2.24) is 4.57 Å². The fourth-order valence-electron chi connectivity index (χ4n) is 5.96. The van der Waals surface area contributed by atoms with Crippen molar-refractivity contribution in [3.05, 3.63) is 168 Å². The molecule has 0 aliphatic carbocycles. The smallest absolute Gasteiger partial charge is 0.0489 e. The zero-order valence-corrected chi connectivity index (χ0v) is 22.7. The molecule has 1 heteroatoms. The maximum Gasteiger partial charge on any atom is 0.0489 e. The molecule has 1 aromatic heterocycles. The highest BCUT2D eigenvalue weighted by molar-refractivity contribution is 6.10. The molecule has 6 aromatic carbocycles. The van der Waals surface area contributed by atoms with Gasteiger partial charge in [-0.2, -0.15) is 0 Å². The third kappa shape index (κ3) is 4.72. The molecule has 192 valence electrons. The van der Waals surface area contributed by atoms with E-state index in [4.69, 9.17) is 0 Å². The van der Waals surface area contributed by atoms with Gasteiger partial charge in [0.15, 0.2) is 0 Å². The molecule has 0 fully saturated rings. The highest BCUT2D eigenvalue weighted by atomic mass is 14.9.